The zero-order chi connectivity index (χ0) is 18.7. The lowest BCUT2D eigenvalue weighted by Gasteiger charge is -2.23. The van der Waals surface area contributed by atoms with Crippen LogP contribution in [-0.4, -0.2) is 41.9 Å². The van der Waals surface area contributed by atoms with Gasteiger partial charge in [-0.05, 0) is 43.5 Å². The average Bonchev–Trinajstić information content (AvgIpc) is 3.24. The molecule has 7 heteroatoms. The summed E-state index contributed by atoms with van der Waals surface area (Å²) in [5.41, 5.74) is 1.45. The van der Waals surface area contributed by atoms with E-state index in [9.17, 15) is 14.4 Å². The number of nitrogens with one attached hydrogen (secondary N) is 1. The Bertz CT molecular complexity index is 715. The zero-order valence-corrected chi connectivity index (χ0v) is 15.6. The number of anilines is 1. The Morgan fingerprint density at radius 2 is 2.04 bits per heavy atom. The van der Waals surface area contributed by atoms with Gasteiger partial charge >= 0.3 is 5.97 Å². The molecule has 0 spiro atoms. The monoisotopic (exact) mass is 378 g/mol. The van der Waals surface area contributed by atoms with Crippen LogP contribution in [0.15, 0.2) is 18.2 Å². The van der Waals surface area contributed by atoms with Gasteiger partial charge in [0.1, 0.15) is 0 Å². The molecular weight excluding hydrogens is 356 g/mol. The Balaban J connectivity index is 1.47. The fourth-order valence-electron chi connectivity index (χ4n) is 3.67. The van der Waals surface area contributed by atoms with Crippen molar-refractivity contribution in [2.24, 2.45) is 5.92 Å². The normalized spacial score (nSPS) is 20.5. The highest BCUT2D eigenvalue weighted by Gasteiger charge is 2.39. The Morgan fingerprint density at radius 1 is 1.31 bits per heavy atom. The maximum atomic E-state index is 12.2. The van der Waals surface area contributed by atoms with Gasteiger partial charge in [0.25, 0.3) is 5.91 Å². The molecule has 0 aromatic heterocycles. The molecule has 140 valence electrons. The molecule has 0 radical (unpaired) electrons. The predicted octanol–water partition coefficient (Wildman–Crippen LogP) is 2.92. The number of likely N-dealkylation sites (tertiary alicyclic amines) is 1. The van der Waals surface area contributed by atoms with Gasteiger partial charge in [0.05, 0.1) is 5.92 Å². The van der Waals surface area contributed by atoms with Gasteiger partial charge in [-0.3, -0.25) is 14.4 Å². The smallest absolute Gasteiger partial charge is 0.311 e. The van der Waals surface area contributed by atoms with Crippen molar-refractivity contribution in [2.45, 2.75) is 45.1 Å². The third-order valence-electron chi connectivity index (χ3n) is 5.07. The molecule has 1 atom stereocenters. The predicted molar refractivity (Wildman–Crippen MR) is 97.9 cm³/mol. The number of esters is 1. The van der Waals surface area contributed by atoms with Gasteiger partial charge in [-0.25, -0.2) is 0 Å². The first-order valence-corrected chi connectivity index (χ1v) is 9.34. The van der Waals surface area contributed by atoms with Crippen LogP contribution in [0.1, 0.15) is 37.7 Å². The van der Waals surface area contributed by atoms with E-state index in [-0.39, 0.29) is 25.0 Å². The second-order valence-corrected chi connectivity index (χ2v) is 7.44. The van der Waals surface area contributed by atoms with Gasteiger partial charge in [0, 0.05) is 29.7 Å². The first-order valence-electron chi connectivity index (χ1n) is 8.96. The SMILES string of the molecule is Cc1cc(Cl)ccc1NC(=O)COC(=O)[C@H]1CC(=O)N(C2CCCC2)C1. The Morgan fingerprint density at radius 3 is 2.73 bits per heavy atom. The van der Waals surface area contributed by atoms with Crippen molar-refractivity contribution in [2.75, 3.05) is 18.5 Å². The lowest BCUT2D eigenvalue weighted by Crippen LogP contribution is -2.35. The van der Waals surface area contributed by atoms with Crippen LogP contribution in [0.2, 0.25) is 5.02 Å². The van der Waals surface area contributed by atoms with Crippen molar-refractivity contribution in [3.8, 4) is 0 Å². The first-order chi connectivity index (χ1) is 12.4. The molecule has 1 N–H and O–H groups in total. The second kappa shape index (κ2) is 8.08. The largest absolute Gasteiger partial charge is 0.455 e. The number of nitrogens with zero attached hydrogens (tertiary/aromatic N) is 1. The van der Waals surface area contributed by atoms with Gasteiger partial charge in [0.2, 0.25) is 5.91 Å². The summed E-state index contributed by atoms with van der Waals surface area (Å²) in [6.07, 6.45) is 4.46. The van der Waals surface area contributed by atoms with E-state index in [4.69, 9.17) is 16.3 Å². The molecular formula is C19H23ClN2O4. The summed E-state index contributed by atoms with van der Waals surface area (Å²) in [7, 11) is 0. The van der Waals surface area contributed by atoms with E-state index >= 15 is 0 Å². The lowest BCUT2D eigenvalue weighted by molar-refractivity contribution is -0.151. The van der Waals surface area contributed by atoms with E-state index in [0.29, 0.717) is 17.3 Å². The third-order valence-corrected chi connectivity index (χ3v) is 5.30. The van der Waals surface area contributed by atoms with Crippen LogP contribution >= 0.6 is 11.6 Å². The van der Waals surface area contributed by atoms with Gasteiger partial charge < -0.3 is 15.0 Å². The topological polar surface area (TPSA) is 75.7 Å². The number of aryl methyl sites for hydroxylation is 1. The second-order valence-electron chi connectivity index (χ2n) is 7.00. The first kappa shape index (κ1) is 18.7. The van der Waals surface area contributed by atoms with Gasteiger partial charge in [-0.1, -0.05) is 24.4 Å². The Labute approximate surface area is 157 Å². The van der Waals surface area contributed by atoms with E-state index in [0.717, 1.165) is 31.2 Å². The van der Waals surface area contributed by atoms with Gasteiger partial charge in [0.15, 0.2) is 6.61 Å². The van der Waals surface area contributed by atoms with E-state index in [1.807, 2.05) is 11.8 Å². The molecule has 0 unspecified atom stereocenters. The summed E-state index contributed by atoms with van der Waals surface area (Å²) >= 11 is 5.89. The van der Waals surface area contributed by atoms with Crippen molar-refractivity contribution >= 4 is 35.1 Å². The average molecular weight is 379 g/mol. The summed E-state index contributed by atoms with van der Waals surface area (Å²) in [5, 5.41) is 3.28. The number of benzene rings is 1. The van der Waals surface area contributed by atoms with Crippen LogP contribution in [0.3, 0.4) is 0 Å². The molecule has 1 aromatic rings. The van der Waals surface area contributed by atoms with Crippen LogP contribution in [0, 0.1) is 12.8 Å². The van der Waals surface area contributed by atoms with E-state index in [1.54, 1.807) is 18.2 Å². The number of carbonyl (C=O) groups is 3. The van der Waals surface area contributed by atoms with E-state index in [2.05, 4.69) is 5.32 Å². The zero-order valence-electron chi connectivity index (χ0n) is 14.8. The van der Waals surface area contributed by atoms with Crippen molar-refractivity contribution in [3.05, 3.63) is 28.8 Å². The molecule has 3 rings (SSSR count). The molecule has 1 heterocycles. The highest BCUT2D eigenvalue weighted by atomic mass is 35.5. The third kappa shape index (κ3) is 4.36. The highest BCUT2D eigenvalue weighted by Crippen LogP contribution is 2.29. The number of halogens is 1. The minimum Gasteiger partial charge on any atom is -0.455 e. The number of amides is 2. The fourth-order valence-corrected chi connectivity index (χ4v) is 3.89. The molecule has 2 amide bonds. The summed E-state index contributed by atoms with van der Waals surface area (Å²) < 4.78 is 5.13. The van der Waals surface area contributed by atoms with Crippen LogP contribution in [0.25, 0.3) is 0 Å². The number of carbonyl (C=O) groups excluding carboxylic acids is 3. The van der Waals surface area contributed by atoms with Crippen molar-refractivity contribution in [3.63, 3.8) is 0 Å². The molecule has 1 aromatic carbocycles. The maximum absolute atomic E-state index is 12.2. The van der Waals surface area contributed by atoms with Crippen LogP contribution in [0.5, 0.6) is 0 Å². The summed E-state index contributed by atoms with van der Waals surface area (Å²) in [6, 6.07) is 5.38. The van der Waals surface area contributed by atoms with Crippen LogP contribution < -0.4 is 5.32 Å². The quantitative estimate of drug-likeness (QED) is 0.799. The molecule has 26 heavy (non-hydrogen) atoms. The number of hydrogen-bond acceptors (Lipinski definition) is 4. The minimum atomic E-state index is -0.484. The van der Waals surface area contributed by atoms with Crippen molar-refractivity contribution in [1.29, 1.82) is 0 Å². The number of hydrogen-bond donors (Lipinski definition) is 1. The Kier molecular flexibility index (Phi) is 5.81. The van der Waals surface area contributed by atoms with Crippen LogP contribution in [-0.2, 0) is 19.1 Å². The molecule has 0 bridgehead atoms. The van der Waals surface area contributed by atoms with Gasteiger partial charge in [-0.15, -0.1) is 0 Å². The molecule has 6 nitrogen and oxygen atoms in total. The molecule has 1 saturated carbocycles. The highest BCUT2D eigenvalue weighted by molar-refractivity contribution is 6.30. The Hall–Kier alpha value is -2.08. The maximum Gasteiger partial charge on any atom is 0.311 e. The molecule has 2 aliphatic rings. The number of ether oxygens (including phenoxy) is 1. The standard InChI is InChI=1S/C19H23ClN2O4/c1-12-8-14(20)6-7-16(12)21-17(23)11-26-19(25)13-9-18(24)22(10-13)15-4-2-3-5-15/h6-8,13,15H,2-5,9-11H2,1H3,(H,21,23)/t13-/m0/s1. The molecule has 1 aliphatic carbocycles. The summed E-state index contributed by atoms with van der Waals surface area (Å²) in [5.74, 6) is -1.36. The minimum absolute atomic E-state index is 0.0140. The van der Waals surface area contributed by atoms with Crippen molar-refractivity contribution in [1.82, 2.24) is 4.90 Å². The number of rotatable bonds is 5. The summed E-state index contributed by atoms with van der Waals surface area (Å²) in [6.45, 7) is 1.87. The lowest BCUT2D eigenvalue weighted by atomic mass is 10.1. The van der Waals surface area contributed by atoms with Crippen LogP contribution in [0.4, 0.5) is 5.69 Å². The summed E-state index contributed by atoms with van der Waals surface area (Å²) in [4.78, 5) is 38.2. The van der Waals surface area contributed by atoms with E-state index in [1.165, 1.54) is 0 Å². The molecule has 1 saturated heterocycles. The van der Waals surface area contributed by atoms with Gasteiger partial charge in [-0.2, -0.15) is 0 Å². The van der Waals surface area contributed by atoms with E-state index < -0.39 is 17.8 Å². The van der Waals surface area contributed by atoms with Crippen molar-refractivity contribution < 1.29 is 19.1 Å². The molecule has 2 fully saturated rings. The molecule has 1 aliphatic heterocycles. The fraction of sp³-hybridized carbons (Fsp3) is 0.526.